The quantitative estimate of drug-likeness (QED) is 0.814. The van der Waals surface area contributed by atoms with Gasteiger partial charge in [0.1, 0.15) is 5.75 Å². The number of hydrogen-bond acceptors (Lipinski definition) is 4. The molecule has 0 radical (unpaired) electrons. The van der Waals surface area contributed by atoms with E-state index >= 15 is 0 Å². The summed E-state index contributed by atoms with van der Waals surface area (Å²) in [7, 11) is 2.15. The summed E-state index contributed by atoms with van der Waals surface area (Å²) >= 11 is 0. The van der Waals surface area contributed by atoms with Gasteiger partial charge in [-0.2, -0.15) is 0 Å². The monoisotopic (exact) mass is 395 g/mol. The Balaban J connectivity index is 1.51. The van der Waals surface area contributed by atoms with Gasteiger partial charge in [-0.15, -0.1) is 0 Å². The number of benzene rings is 2. The predicted octanol–water partition coefficient (Wildman–Crippen LogP) is 3.43. The lowest BCUT2D eigenvalue weighted by atomic mass is 9.87. The van der Waals surface area contributed by atoms with Crippen LogP contribution in [0.15, 0.2) is 48.5 Å². The van der Waals surface area contributed by atoms with Gasteiger partial charge in [0.2, 0.25) is 0 Å². The van der Waals surface area contributed by atoms with Crippen molar-refractivity contribution >= 4 is 11.6 Å². The van der Waals surface area contributed by atoms with Crippen LogP contribution in [0, 0.1) is 0 Å². The Bertz CT molecular complexity index is 804. The molecule has 29 heavy (non-hydrogen) atoms. The molecule has 156 valence electrons. The second-order valence-corrected chi connectivity index (χ2v) is 8.76. The van der Waals surface area contributed by atoms with E-state index in [1.165, 1.54) is 11.3 Å². The van der Waals surface area contributed by atoms with E-state index in [4.69, 9.17) is 4.74 Å². The lowest BCUT2D eigenvalue weighted by Crippen LogP contribution is -2.45. The van der Waals surface area contributed by atoms with Gasteiger partial charge in [0, 0.05) is 38.4 Å². The van der Waals surface area contributed by atoms with Gasteiger partial charge in [0.15, 0.2) is 6.61 Å². The summed E-state index contributed by atoms with van der Waals surface area (Å²) in [6, 6.07) is 16.3. The number of likely N-dealkylation sites (N-methyl/N-ethyl adjacent to an activating group) is 1. The third-order valence-electron chi connectivity index (χ3n) is 5.40. The molecule has 1 heterocycles. The third-order valence-corrected chi connectivity index (χ3v) is 5.40. The molecule has 1 amide bonds. The molecule has 3 rings (SSSR count). The molecule has 0 spiro atoms. The van der Waals surface area contributed by atoms with Crippen molar-refractivity contribution in [2.45, 2.75) is 32.7 Å². The van der Waals surface area contributed by atoms with Crippen LogP contribution in [-0.4, -0.2) is 50.6 Å². The molecule has 0 atom stereocenters. The Labute approximate surface area is 174 Å². The van der Waals surface area contributed by atoms with Crippen molar-refractivity contribution in [2.24, 2.45) is 0 Å². The highest BCUT2D eigenvalue weighted by atomic mass is 16.5. The van der Waals surface area contributed by atoms with Gasteiger partial charge < -0.3 is 19.9 Å². The molecular formula is C24H33N3O2. The number of rotatable bonds is 6. The zero-order valence-electron chi connectivity index (χ0n) is 18.1. The van der Waals surface area contributed by atoms with Crippen LogP contribution in [-0.2, 0) is 16.8 Å². The summed E-state index contributed by atoms with van der Waals surface area (Å²) in [5, 5.41) is 2.99. The van der Waals surface area contributed by atoms with Crippen molar-refractivity contribution in [1.82, 2.24) is 10.2 Å². The van der Waals surface area contributed by atoms with E-state index in [-0.39, 0.29) is 17.9 Å². The highest BCUT2D eigenvalue weighted by Crippen LogP contribution is 2.24. The van der Waals surface area contributed by atoms with Crippen LogP contribution in [0.1, 0.15) is 31.9 Å². The van der Waals surface area contributed by atoms with Gasteiger partial charge in [0.05, 0.1) is 0 Å². The minimum atomic E-state index is -0.113. The Morgan fingerprint density at radius 1 is 1.00 bits per heavy atom. The molecular weight excluding hydrogens is 362 g/mol. The molecule has 0 saturated carbocycles. The smallest absolute Gasteiger partial charge is 0.258 e. The molecule has 5 nitrogen and oxygen atoms in total. The molecule has 1 N–H and O–H groups in total. The first-order chi connectivity index (χ1) is 13.8. The zero-order valence-corrected chi connectivity index (χ0v) is 18.1. The lowest BCUT2D eigenvalue weighted by Gasteiger charge is -2.35. The fraction of sp³-hybridized carbons (Fsp3) is 0.458. The zero-order chi connectivity index (χ0) is 20.9. The van der Waals surface area contributed by atoms with Crippen LogP contribution < -0.4 is 15.0 Å². The van der Waals surface area contributed by atoms with Crippen molar-refractivity contribution in [3.8, 4) is 5.75 Å². The van der Waals surface area contributed by atoms with Crippen molar-refractivity contribution in [1.29, 1.82) is 0 Å². The van der Waals surface area contributed by atoms with Crippen LogP contribution in [0.2, 0.25) is 0 Å². The largest absolute Gasteiger partial charge is 0.484 e. The molecule has 0 bridgehead atoms. The van der Waals surface area contributed by atoms with Crippen molar-refractivity contribution in [3.05, 3.63) is 59.7 Å². The molecule has 0 aliphatic carbocycles. The normalized spacial score (nSPS) is 15.2. The van der Waals surface area contributed by atoms with Gasteiger partial charge >= 0.3 is 0 Å². The fourth-order valence-electron chi connectivity index (χ4n) is 3.46. The van der Waals surface area contributed by atoms with Gasteiger partial charge in [-0.05, 0) is 41.8 Å². The number of hydrogen-bond donors (Lipinski definition) is 1. The number of piperazine rings is 1. The summed E-state index contributed by atoms with van der Waals surface area (Å²) in [5.74, 6) is 0.601. The van der Waals surface area contributed by atoms with Crippen LogP contribution in [0.4, 0.5) is 5.69 Å². The van der Waals surface area contributed by atoms with Crippen LogP contribution in [0.25, 0.3) is 0 Å². The second kappa shape index (κ2) is 9.31. The maximum atomic E-state index is 12.3. The molecule has 1 aliphatic rings. The Kier molecular flexibility index (Phi) is 6.80. The first-order valence-corrected chi connectivity index (χ1v) is 10.3. The first-order valence-electron chi connectivity index (χ1n) is 10.3. The first kappa shape index (κ1) is 21.2. The van der Waals surface area contributed by atoms with E-state index in [9.17, 15) is 4.79 Å². The minimum Gasteiger partial charge on any atom is -0.484 e. The van der Waals surface area contributed by atoms with Crippen molar-refractivity contribution in [2.75, 3.05) is 44.7 Å². The molecule has 1 saturated heterocycles. The molecule has 5 heteroatoms. The maximum Gasteiger partial charge on any atom is 0.258 e. The van der Waals surface area contributed by atoms with Crippen LogP contribution >= 0.6 is 0 Å². The highest BCUT2D eigenvalue weighted by molar-refractivity contribution is 5.77. The van der Waals surface area contributed by atoms with Gasteiger partial charge in [-0.25, -0.2) is 0 Å². The molecule has 1 aliphatic heterocycles. The molecule has 1 fully saturated rings. The number of anilines is 1. The number of para-hydroxylation sites is 1. The van der Waals surface area contributed by atoms with Crippen molar-refractivity contribution < 1.29 is 9.53 Å². The Morgan fingerprint density at radius 3 is 2.31 bits per heavy atom. The number of amides is 1. The third kappa shape index (κ3) is 5.97. The average Bonchev–Trinajstić information content (AvgIpc) is 2.71. The van der Waals surface area contributed by atoms with E-state index in [1.807, 2.05) is 18.2 Å². The summed E-state index contributed by atoms with van der Waals surface area (Å²) < 4.78 is 5.65. The van der Waals surface area contributed by atoms with Gasteiger partial charge in [0.25, 0.3) is 5.91 Å². The standard InChI is InChI=1S/C24H33N3O2/c1-24(2,3)20-9-11-21(12-10-20)29-18-23(28)25-17-19-7-5-6-8-22(19)27-15-13-26(4)14-16-27/h5-12H,13-18H2,1-4H3,(H,25,28). The SMILES string of the molecule is CN1CCN(c2ccccc2CNC(=O)COc2ccc(C(C)(C)C)cc2)CC1. The second-order valence-electron chi connectivity index (χ2n) is 8.76. The van der Waals surface area contributed by atoms with Gasteiger partial charge in [-0.1, -0.05) is 51.1 Å². The van der Waals surface area contributed by atoms with E-state index in [0.717, 1.165) is 31.7 Å². The number of nitrogens with one attached hydrogen (secondary N) is 1. The van der Waals surface area contributed by atoms with Crippen molar-refractivity contribution in [3.63, 3.8) is 0 Å². The fourth-order valence-corrected chi connectivity index (χ4v) is 3.46. The number of ether oxygens (including phenoxy) is 1. The topological polar surface area (TPSA) is 44.8 Å². The van der Waals surface area contributed by atoms with Crippen LogP contribution in [0.3, 0.4) is 0 Å². The Morgan fingerprint density at radius 2 is 1.66 bits per heavy atom. The maximum absolute atomic E-state index is 12.3. The molecule has 2 aromatic carbocycles. The molecule has 0 aromatic heterocycles. The molecule has 2 aromatic rings. The molecule has 0 unspecified atom stereocenters. The number of carbonyl (C=O) groups excluding carboxylic acids is 1. The number of nitrogens with zero attached hydrogens (tertiary/aromatic N) is 2. The van der Waals surface area contributed by atoms with E-state index in [0.29, 0.717) is 12.3 Å². The summed E-state index contributed by atoms with van der Waals surface area (Å²) in [6.45, 7) is 11.2. The summed E-state index contributed by atoms with van der Waals surface area (Å²) in [6.07, 6.45) is 0. The average molecular weight is 396 g/mol. The van der Waals surface area contributed by atoms with Crippen LogP contribution in [0.5, 0.6) is 5.75 Å². The van der Waals surface area contributed by atoms with Gasteiger partial charge in [-0.3, -0.25) is 4.79 Å². The highest BCUT2D eigenvalue weighted by Gasteiger charge is 2.17. The van der Waals surface area contributed by atoms with E-state index in [1.54, 1.807) is 0 Å². The lowest BCUT2D eigenvalue weighted by molar-refractivity contribution is -0.123. The Hall–Kier alpha value is -2.53. The summed E-state index contributed by atoms with van der Waals surface area (Å²) in [5.41, 5.74) is 3.70. The van der Waals surface area contributed by atoms with E-state index in [2.05, 4.69) is 73.3 Å². The predicted molar refractivity (Wildman–Crippen MR) is 119 cm³/mol. The van der Waals surface area contributed by atoms with E-state index < -0.39 is 0 Å². The number of carbonyl (C=O) groups is 1. The minimum absolute atomic E-state index is 0.0194. The summed E-state index contributed by atoms with van der Waals surface area (Å²) in [4.78, 5) is 17.0.